The van der Waals surface area contributed by atoms with Gasteiger partial charge in [-0.3, -0.25) is 9.63 Å². The lowest BCUT2D eigenvalue weighted by atomic mass is 10.2. The van der Waals surface area contributed by atoms with Gasteiger partial charge in [0.1, 0.15) is 4.90 Å². The van der Waals surface area contributed by atoms with Gasteiger partial charge < -0.3 is 4.90 Å². The highest BCUT2D eigenvalue weighted by Crippen LogP contribution is 2.26. The number of nitrogens with zero attached hydrogens (tertiary/aromatic N) is 2. The van der Waals surface area contributed by atoms with Crippen LogP contribution in [0.1, 0.15) is 17.3 Å². The van der Waals surface area contributed by atoms with Crippen molar-refractivity contribution in [1.82, 2.24) is 4.47 Å². The Bertz CT molecular complexity index is 856. The summed E-state index contributed by atoms with van der Waals surface area (Å²) in [6, 6.07) is 13.3. The number of amides is 1. The molecule has 0 heterocycles. The first-order valence-electron chi connectivity index (χ1n) is 7.52. The number of para-hydroxylation sites is 1. The van der Waals surface area contributed by atoms with E-state index in [4.69, 9.17) is 16.4 Å². The maximum atomic E-state index is 12.8. The predicted molar refractivity (Wildman–Crippen MR) is 97.2 cm³/mol. The highest BCUT2D eigenvalue weighted by Gasteiger charge is 2.26. The van der Waals surface area contributed by atoms with E-state index in [1.54, 1.807) is 4.90 Å². The van der Waals surface area contributed by atoms with E-state index < -0.39 is 10.0 Å². The van der Waals surface area contributed by atoms with Crippen LogP contribution in [0.15, 0.2) is 53.4 Å². The molecule has 0 aliphatic carbocycles. The largest absolute Gasteiger partial charge is 0.309 e. The van der Waals surface area contributed by atoms with Crippen molar-refractivity contribution in [2.24, 2.45) is 0 Å². The number of rotatable bonds is 6. The molecule has 25 heavy (non-hydrogen) atoms. The van der Waals surface area contributed by atoms with Crippen molar-refractivity contribution in [2.75, 3.05) is 25.6 Å². The van der Waals surface area contributed by atoms with Crippen molar-refractivity contribution in [3.63, 3.8) is 0 Å². The maximum absolute atomic E-state index is 12.8. The summed E-state index contributed by atoms with van der Waals surface area (Å²) >= 11 is 6.03. The summed E-state index contributed by atoms with van der Waals surface area (Å²) in [6.45, 7) is 2.28. The number of hydrogen-bond donors (Lipinski definition) is 0. The first-order valence-corrected chi connectivity index (χ1v) is 9.34. The van der Waals surface area contributed by atoms with E-state index in [1.807, 2.05) is 37.3 Å². The molecule has 2 aromatic carbocycles. The molecular weight excluding hydrogens is 364 g/mol. The molecule has 0 saturated heterocycles. The quantitative estimate of drug-likeness (QED) is 0.719. The molecule has 0 atom stereocenters. The van der Waals surface area contributed by atoms with Crippen molar-refractivity contribution in [1.29, 1.82) is 0 Å². The molecule has 0 saturated carbocycles. The topological polar surface area (TPSA) is 66.9 Å². The van der Waals surface area contributed by atoms with E-state index >= 15 is 0 Å². The molecule has 0 bridgehead atoms. The number of sulfonamides is 1. The molecule has 0 aromatic heterocycles. The Kier molecular flexibility index (Phi) is 6.18. The fraction of sp³-hybridized carbons (Fsp3) is 0.235. The van der Waals surface area contributed by atoms with Gasteiger partial charge in [-0.2, -0.15) is 0 Å². The van der Waals surface area contributed by atoms with Gasteiger partial charge in [0.05, 0.1) is 12.1 Å². The van der Waals surface area contributed by atoms with Gasteiger partial charge in [-0.1, -0.05) is 34.3 Å². The maximum Gasteiger partial charge on any atom is 0.266 e. The second kappa shape index (κ2) is 7.97. The van der Waals surface area contributed by atoms with Gasteiger partial charge in [0, 0.05) is 24.8 Å². The average Bonchev–Trinajstić information content (AvgIpc) is 2.62. The summed E-state index contributed by atoms with van der Waals surface area (Å²) in [6.07, 6.45) is 0. The number of benzene rings is 2. The van der Waals surface area contributed by atoms with Crippen LogP contribution in [0.3, 0.4) is 0 Å². The van der Waals surface area contributed by atoms with Gasteiger partial charge in [-0.05, 0) is 37.3 Å². The summed E-state index contributed by atoms with van der Waals surface area (Å²) < 4.78 is 25.6. The molecule has 1 amide bonds. The van der Waals surface area contributed by atoms with Crippen LogP contribution < -0.4 is 4.90 Å². The van der Waals surface area contributed by atoms with Gasteiger partial charge in [-0.25, -0.2) is 8.42 Å². The van der Waals surface area contributed by atoms with E-state index in [0.717, 1.165) is 5.69 Å². The third kappa shape index (κ3) is 4.01. The first kappa shape index (κ1) is 19.4. The molecule has 0 spiro atoms. The number of halogens is 1. The Balaban J connectivity index is 2.47. The second-order valence-corrected chi connectivity index (χ2v) is 7.44. The Hall–Kier alpha value is -1.93. The van der Waals surface area contributed by atoms with E-state index in [-0.39, 0.29) is 21.4 Å². The Morgan fingerprint density at radius 2 is 1.80 bits per heavy atom. The lowest BCUT2D eigenvalue weighted by Crippen LogP contribution is -2.31. The molecule has 0 aliphatic rings. The molecule has 0 unspecified atom stereocenters. The normalized spacial score (nSPS) is 11.6. The SMILES string of the molecule is CCN(C(=O)c1ccc(Cl)c(S(=O)(=O)N(C)OC)c1)c1ccccc1. The first-order chi connectivity index (χ1) is 11.8. The molecule has 2 aromatic rings. The molecule has 2 rings (SSSR count). The van der Waals surface area contributed by atoms with Gasteiger partial charge >= 0.3 is 0 Å². The Morgan fingerprint density at radius 3 is 2.36 bits per heavy atom. The highest BCUT2D eigenvalue weighted by atomic mass is 35.5. The molecule has 134 valence electrons. The fourth-order valence-electron chi connectivity index (χ4n) is 2.28. The number of hydroxylamine groups is 1. The predicted octanol–water partition coefficient (Wildman–Crippen LogP) is 3.19. The molecule has 0 aliphatic heterocycles. The summed E-state index contributed by atoms with van der Waals surface area (Å²) in [4.78, 5) is 19.0. The van der Waals surface area contributed by atoms with Gasteiger partial charge in [0.25, 0.3) is 15.9 Å². The van der Waals surface area contributed by atoms with Gasteiger partial charge in [-0.15, -0.1) is 0 Å². The summed E-state index contributed by atoms with van der Waals surface area (Å²) in [7, 11) is -1.48. The monoisotopic (exact) mass is 382 g/mol. The van der Waals surface area contributed by atoms with Crippen molar-refractivity contribution >= 4 is 33.2 Å². The summed E-state index contributed by atoms with van der Waals surface area (Å²) in [5.41, 5.74) is 0.946. The van der Waals surface area contributed by atoms with Crippen LogP contribution in [0.4, 0.5) is 5.69 Å². The fourth-order valence-corrected chi connectivity index (χ4v) is 3.75. The number of carbonyl (C=O) groups excluding carboxylic acids is 1. The Labute approximate surface area is 152 Å². The van der Waals surface area contributed by atoms with Crippen LogP contribution >= 0.6 is 11.6 Å². The van der Waals surface area contributed by atoms with E-state index in [2.05, 4.69) is 0 Å². The molecule has 8 heteroatoms. The minimum Gasteiger partial charge on any atom is -0.309 e. The van der Waals surface area contributed by atoms with Crippen LogP contribution in [-0.4, -0.2) is 39.5 Å². The zero-order valence-corrected chi connectivity index (χ0v) is 15.7. The third-order valence-corrected chi connectivity index (χ3v) is 5.84. The van der Waals surface area contributed by atoms with Gasteiger partial charge in [0.2, 0.25) is 0 Å². The summed E-state index contributed by atoms with van der Waals surface area (Å²) in [5.74, 6) is -0.318. The van der Waals surface area contributed by atoms with Crippen LogP contribution in [0, 0.1) is 0 Å². The van der Waals surface area contributed by atoms with E-state index in [0.29, 0.717) is 11.0 Å². The molecule has 0 fully saturated rings. The second-order valence-electron chi connectivity index (χ2n) is 5.13. The van der Waals surface area contributed by atoms with E-state index in [9.17, 15) is 13.2 Å². The minimum atomic E-state index is -3.96. The van der Waals surface area contributed by atoms with Gasteiger partial charge in [0.15, 0.2) is 0 Å². The molecule has 0 N–H and O–H groups in total. The van der Waals surface area contributed by atoms with Crippen molar-refractivity contribution < 1.29 is 18.0 Å². The van der Waals surface area contributed by atoms with Crippen molar-refractivity contribution in [3.05, 3.63) is 59.1 Å². The minimum absolute atomic E-state index is 0.0169. The zero-order valence-electron chi connectivity index (χ0n) is 14.1. The Morgan fingerprint density at radius 1 is 1.16 bits per heavy atom. The standard InChI is InChI=1S/C17H19ClN2O4S/c1-4-20(14-8-6-5-7-9-14)17(21)13-10-11-15(18)16(12-13)25(22,23)19(2)24-3/h5-12H,4H2,1-3H3. The molecule has 6 nitrogen and oxygen atoms in total. The van der Waals surface area contributed by atoms with Crippen molar-refractivity contribution in [2.45, 2.75) is 11.8 Å². The third-order valence-electron chi connectivity index (χ3n) is 3.68. The number of carbonyl (C=O) groups is 1. The summed E-state index contributed by atoms with van der Waals surface area (Å²) in [5, 5.41) is 0.0169. The molecular formula is C17H19ClN2O4S. The van der Waals surface area contributed by atoms with E-state index in [1.165, 1.54) is 32.4 Å². The smallest absolute Gasteiger partial charge is 0.266 e. The molecule has 0 radical (unpaired) electrons. The number of anilines is 1. The van der Waals surface area contributed by atoms with Crippen LogP contribution in [0.2, 0.25) is 5.02 Å². The van der Waals surface area contributed by atoms with Crippen LogP contribution in [0.5, 0.6) is 0 Å². The lowest BCUT2D eigenvalue weighted by Gasteiger charge is -2.22. The van der Waals surface area contributed by atoms with Crippen LogP contribution in [0.25, 0.3) is 0 Å². The van der Waals surface area contributed by atoms with Crippen molar-refractivity contribution in [3.8, 4) is 0 Å². The average molecular weight is 383 g/mol. The lowest BCUT2D eigenvalue weighted by molar-refractivity contribution is -0.0258. The highest BCUT2D eigenvalue weighted by molar-refractivity contribution is 7.89. The number of hydrogen-bond acceptors (Lipinski definition) is 4. The zero-order chi connectivity index (χ0) is 18.6. The van der Waals surface area contributed by atoms with Crippen LogP contribution in [-0.2, 0) is 14.9 Å².